The molecule has 2 heterocycles. The number of aryl methyl sites for hydroxylation is 2. The fourth-order valence-corrected chi connectivity index (χ4v) is 3.86. The molecule has 0 saturated carbocycles. The van der Waals surface area contributed by atoms with Crippen molar-refractivity contribution < 1.29 is 19.1 Å². The van der Waals surface area contributed by atoms with Crippen molar-refractivity contribution in [1.29, 1.82) is 0 Å². The van der Waals surface area contributed by atoms with Crippen LogP contribution in [0.2, 0.25) is 5.02 Å². The highest BCUT2D eigenvalue weighted by molar-refractivity contribution is 6.31. The highest BCUT2D eigenvalue weighted by Gasteiger charge is 2.19. The molecule has 4 aromatic rings. The second-order valence-corrected chi connectivity index (χ2v) is 8.64. The Morgan fingerprint density at radius 3 is 2.58 bits per heavy atom. The van der Waals surface area contributed by atoms with Crippen LogP contribution in [-0.2, 0) is 18.0 Å². The monoisotopic (exact) mass is 507 g/mol. The maximum Gasteiger partial charge on any atom is 0.338 e. The molecular weight excluding hydrogens is 482 g/mol. The number of esters is 1. The van der Waals surface area contributed by atoms with Gasteiger partial charge in [-0.15, -0.1) is 0 Å². The number of carbonyl (C=O) groups is 2. The van der Waals surface area contributed by atoms with E-state index in [0.29, 0.717) is 34.3 Å². The summed E-state index contributed by atoms with van der Waals surface area (Å²) < 4.78 is 13.9. The van der Waals surface area contributed by atoms with E-state index in [0.717, 1.165) is 16.8 Å². The van der Waals surface area contributed by atoms with Crippen molar-refractivity contribution in [2.75, 3.05) is 12.4 Å². The maximum absolute atomic E-state index is 12.9. The van der Waals surface area contributed by atoms with Gasteiger partial charge < -0.3 is 14.8 Å². The summed E-state index contributed by atoms with van der Waals surface area (Å²) in [5, 5.41) is 12.4. The lowest BCUT2D eigenvalue weighted by Gasteiger charge is -2.10. The molecule has 0 atom stereocenters. The molecule has 0 aliphatic carbocycles. The van der Waals surface area contributed by atoms with Gasteiger partial charge in [-0.1, -0.05) is 29.8 Å². The maximum atomic E-state index is 12.9. The van der Waals surface area contributed by atoms with Gasteiger partial charge in [0.2, 0.25) is 0 Å². The number of nitrogens with zero attached hydrogens (tertiary/aromatic N) is 4. The summed E-state index contributed by atoms with van der Waals surface area (Å²) >= 11 is 6.05. The van der Waals surface area contributed by atoms with E-state index in [1.54, 1.807) is 41.2 Å². The van der Waals surface area contributed by atoms with Crippen LogP contribution in [0.15, 0.2) is 54.7 Å². The van der Waals surface area contributed by atoms with Gasteiger partial charge in [0.15, 0.2) is 12.4 Å². The molecule has 0 spiro atoms. The van der Waals surface area contributed by atoms with Crippen LogP contribution in [0.3, 0.4) is 0 Å². The van der Waals surface area contributed by atoms with Crippen molar-refractivity contribution in [2.24, 2.45) is 0 Å². The molecule has 186 valence electrons. The zero-order chi connectivity index (χ0) is 25.8. The SMILES string of the molecule is COC(=O)c1ccccc1Cn1nc(C)c(NC(=O)c2ccn(COc3ccc(Cl)c(C)c3)n2)c1C. The van der Waals surface area contributed by atoms with Gasteiger partial charge >= 0.3 is 5.97 Å². The minimum absolute atomic E-state index is 0.143. The Hall–Kier alpha value is -4.11. The van der Waals surface area contributed by atoms with Crippen LogP contribution in [0, 0.1) is 20.8 Å². The molecule has 0 bridgehead atoms. The van der Waals surface area contributed by atoms with E-state index < -0.39 is 5.97 Å². The van der Waals surface area contributed by atoms with E-state index in [4.69, 9.17) is 21.1 Å². The summed E-state index contributed by atoms with van der Waals surface area (Å²) in [6.07, 6.45) is 1.67. The zero-order valence-corrected chi connectivity index (χ0v) is 21.2. The number of methoxy groups -OCH3 is 1. The minimum Gasteiger partial charge on any atom is -0.471 e. The largest absolute Gasteiger partial charge is 0.471 e. The van der Waals surface area contributed by atoms with E-state index in [-0.39, 0.29) is 18.3 Å². The first-order valence-corrected chi connectivity index (χ1v) is 11.6. The summed E-state index contributed by atoms with van der Waals surface area (Å²) in [4.78, 5) is 25.0. The smallest absolute Gasteiger partial charge is 0.338 e. The van der Waals surface area contributed by atoms with Crippen molar-refractivity contribution in [3.05, 3.63) is 93.5 Å². The number of amides is 1. The van der Waals surface area contributed by atoms with Crippen molar-refractivity contribution in [1.82, 2.24) is 19.6 Å². The first kappa shape index (κ1) is 25.0. The number of benzene rings is 2. The topological polar surface area (TPSA) is 100 Å². The first-order chi connectivity index (χ1) is 17.3. The number of halogens is 1. The second kappa shape index (κ2) is 10.7. The Kier molecular flexibility index (Phi) is 7.40. The lowest BCUT2D eigenvalue weighted by atomic mass is 10.1. The predicted octanol–water partition coefficient (Wildman–Crippen LogP) is 4.78. The Labute approximate surface area is 213 Å². The molecule has 10 heteroatoms. The Morgan fingerprint density at radius 1 is 1.06 bits per heavy atom. The molecule has 4 rings (SSSR count). The van der Waals surface area contributed by atoms with Crippen molar-refractivity contribution in [3.63, 3.8) is 0 Å². The van der Waals surface area contributed by atoms with Crippen LogP contribution in [-0.4, -0.2) is 38.5 Å². The van der Waals surface area contributed by atoms with Crippen LogP contribution in [0.25, 0.3) is 0 Å². The number of ether oxygens (including phenoxy) is 2. The molecule has 1 amide bonds. The van der Waals surface area contributed by atoms with Gasteiger partial charge in [0.05, 0.1) is 36.3 Å². The third kappa shape index (κ3) is 5.41. The molecule has 0 radical (unpaired) electrons. The highest BCUT2D eigenvalue weighted by Crippen LogP contribution is 2.23. The fourth-order valence-electron chi connectivity index (χ4n) is 3.74. The van der Waals surface area contributed by atoms with Gasteiger partial charge in [-0.3, -0.25) is 9.48 Å². The summed E-state index contributed by atoms with van der Waals surface area (Å²) in [7, 11) is 1.35. The number of nitrogens with one attached hydrogen (secondary N) is 1. The number of rotatable bonds is 8. The average Bonchev–Trinajstić information content (AvgIpc) is 3.45. The van der Waals surface area contributed by atoms with Crippen LogP contribution in [0.4, 0.5) is 5.69 Å². The molecule has 1 N–H and O–H groups in total. The molecule has 2 aromatic carbocycles. The normalized spacial score (nSPS) is 10.8. The van der Waals surface area contributed by atoms with E-state index in [2.05, 4.69) is 15.5 Å². The molecule has 2 aromatic heterocycles. The number of hydrogen-bond acceptors (Lipinski definition) is 6. The van der Waals surface area contributed by atoms with E-state index in [1.165, 1.54) is 11.8 Å². The number of anilines is 1. The minimum atomic E-state index is -0.411. The summed E-state index contributed by atoms with van der Waals surface area (Å²) in [5.41, 5.74) is 4.39. The van der Waals surface area contributed by atoms with Crippen molar-refractivity contribution in [2.45, 2.75) is 34.0 Å². The molecule has 0 saturated heterocycles. The quantitative estimate of drug-likeness (QED) is 0.344. The number of aromatic nitrogens is 4. The van der Waals surface area contributed by atoms with E-state index in [9.17, 15) is 9.59 Å². The molecule has 0 aliphatic heterocycles. The summed E-state index contributed by atoms with van der Waals surface area (Å²) in [5.74, 6) is -0.117. The van der Waals surface area contributed by atoms with Crippen LogP contribution in [0.5, 0.6) is 5.75 Å². The highest BCUT2D eigenvalue weighted by atomic mass is 35.5. The predicted molar refractivity (Wildman–Crippen MR) is 136 cm³/mol. The summed E-state index contributed by atoms with van der Waals surface area (Å²) in [6, 6.07) is 14.2. The van der Waals surface area contributed by atoms with Gasteiger partial charge in [0, 0.05) is 11.2 Å². The molecule has 0 fully saturated rings. The molecular formula is C26H26ClN5O4. The molecule has 36 heavy (non-hydrogen) atoms. The number of carbonyl (C=O) groups excluding carboxylic acids is 2. The Bertz CT molecular complexity index is 1430. The van der Waals surface area contributed by atoms with Gasteiger partial charge in [-0.2, -0.15) is 10.2 Å². The lowest BCUT2D eigenvalue weighted by Crippen LogP contribution is -2.15. The third-order valence-electron chi connectivity index (χ3n) is 5.73. The third-order valence-corrected chi connectivity index (χ3v) is 6.15. The fraction of sp³-hybridized carbons (Fsp3) is 0.231. The number of hydrogen-bond donors (Lipinski definition) is 1. The van der Waals surface area contributed by atoms with E-state index in [1.807, 2.05) is 39.0 Å². The second-order valence-electron chi connectivity index (χ2n) is 8.23. The van der Waals surface area contributed by atoms with E-state index >= 15 is 0 Å². The lowest BCUT2D eigenvalue weighted by molar-refractivity contribution is 0.0599. The zero-order valence-electron chi connectivity index (χ0n) is 20.4. The van der Waals surface area contributed by atoms with Gasteiger partial charge in [-0.25, -0.2) is 9.48 Å². The molecule has 0 unspecified atom stereocenters. The van der Waals surface area contributed by atoms with Gasteiger partial charge in [0.25, 0.3) is 5.91 Å². The van der Waals surface area contributed by atoms with Gasteiger partial charge in [0.1, 0.15) is 5.75 Å². The Balaban J connectivity index is 1.44. The first-order valence-electron chi connectivity index (χ1n) is 11.2. The molecule has 0 aliphatic rings. The van der Waals surface area contributed by atoms with Gasteiger partial charge in [-0.05, 0) is 62.2 Å². The van der Waals surface area contributed by atoms with Crippen LogP contribution >= 0.6 is 11.6 Å². The summed E-state index contributed by atoms with van der Waals surface area (Å²) in [6.45, 7) is 6.06. The van der Waals surface area contributed by atoms with Crippen molar-refractivity contribution >= 4 is 29.2 Å². The standard InChI is InChI=1S/C26H26ClN5O4/c1-16-13-20(9-10-22(16)27)36-15-31-12-11-23(30-31)25(33)28-24-17(2)29-32(18(24)3)14-19-7-5-6-8-21(19)26(34)35-4/h5-13H,14-15H2,1-4H3,(H,28,33). The Morgan fingerprint density at radius 2 is 1.83 bits per heavy atom. The van der Waals surface area contributed by atoms with Crippen molar-refractivity contribution in [3.8, 4) is 5.75 Å². The average molecular weight is 508 g/mol. The van der Waals surface area contributed by atoms with Crippen LogP contribution in [0.1, 0.15) is 43.4 Å². The molecule has 9 nitrogen and oxygen atoms in total. The van der Waals surface area contributed by atoms with Crippen LogP contribution < -0.4 is 10.1 Å².